The number of nitrogens with one attached hydrogen (secondary N) is 2. The molecule has 1 fully saturated rings. The summed E-state index contributed by atoms with van der Waals surface area (Å²) in [7, 11) is 1.62. The number of hydrogen-bond donors (Lipinski definition) is 3. The number of primary amides is 1. The quantitative estimate of drug-likeness (QED) is 0.604. The van der Waals surface area contributed by atoms with Crippen LogP contribution >= 0.6 is 0 Å². The van der Waals surface area contributed by atoms with E-state index in [0.717, 1.165) is 0 Å². The molecule has 7 nitrogen and oxygen atoms in total. The van der Waals surface area contributed by atoms with Gasteiger partial charge in [0.25, 0.3) is 0 Å². The van der Waals surface area contributed by atoms with Crippen LogP contribution in [0.4, 0.5) is 4.79 Å². The maximum atomic E-state index is 11.6. The first-order chi connectivity index (χ1) is 8.45. The summed E-state index contributed by atoms with van der Waals surface area (Å²) in [5, 5.41) is 4.69. The average Bonchev–Trinajstić information content (AvgIpc) is 2.36. The Morgan fingerprint density at radius 2 is 1.83 bits per heavy atom. The minimum atomic E-state index is -0.841. The van der Waals surface area contributed by atoms with Crippen LogP contribution in [-0.2, 0) is 9.59 Å². The Balaban J connectivity index is 2.45. The third-order valence-corrected chi connectivity index (χ3v) is 3.32. The second kappa shape index (κ2) is 6.34. The average molecular weight is 256 g/mol. The summed E-state index contributed by atoms with van der Waals surface area (Å²) in [6, 6.07) is -1.25. The lowest BCUT2D eigenvalue weighted by Crippen LogP contribution is -2.51. The van der Waals surface area contributed by atoms with Crippen molar-refractivity contribution in [1.82, 2.24) is 15.5 Å². The van der Waals surface area contributed by atoms with Gasteiger partial charge in [-0.05, 0) is 32.9 Å². The van der Waals surface area contributed by atoms with Gasteiger partial charge in [-0.1, -0.05) is 0 Å². The molecule has 4 amide bonds. The van der Waals surface area contributed by atoms with Crippen LogP contribution in [0.15, 0.2) is 0 Å². The standard InChI is InChI=1S/C11H20N4O3/c1-7(9(16)14-11(12)18)15-5-3-8(4-6-15)10(17)13-2/h7-8H,3-6H2,1-2H3,(H,13,17)(H3,12,14,16,18). The van der Waals surface area contributed by atoms with E-state index >= 15 is 0 Å². The zero-order chi connectivity index (χ0) is 13.7. The zero-order valence-corrected chi connectivity index (χ0v) is 10.7. The molecule has 0 saturated carbocycles. The van der Waals surface area contributed by atoms with Gasteiger partial charge in [0.15, 0.2) is 0 Å². The highest BCUT2D eigenvalue weighted by atomic mass is 16.2. The number of carbonyl (C=O) groups is 3. The van der Waals surface area contributed by atoms with Gasteiger partial charge >= 0.3 is 6.03 Å². The second-order valence-corrected chi connectivity index (χ2v) is 4.45. The highest BCUT2D eigenvalue weighted by molar-refractivity contribution is 5.96. The van der Waals surface area contributed by atoms with E-state index in [-0.39, 0.29) is 11.8 Å². The fourth-order valence-electron chi connectivity index (χ4n) is 2.14. The summed E-state index contributed by atoms with van der Waals surface area (Å²) in [6.45, 7) is 3.04. The summed E-state index contributed by atoms with van der Waals surface area (Å²) in [4.78, 5) is 35.6. The molecule has 1 heterocycles. The molecule has 102 valence electrons. The topological polar surface area (TPSA) is 105 Å². The van der Waals surface area contributed by atoms with Crippen LogP contribution in [0.25, 0.3) is 0 Å². The number of imide groups is 1. The summed E-state index contributed by atoms with van der Waals surface area (Å²) in [5.74, 6) is -0.345. The third-order valence-electron chi connectivity index (χ3n) is 3.32. The lowest BCUT2D eigenvalue weighted by Gasteiger charge is -2.34. The minimum absolute atomic E-state index is 0.0117. The van der Waals surface area contributed by atoms with Gasteiger partial charge < -0.3 is 11.1 Å². The molecule has 0 aromatic rings. The number of likely N-dealkylation sites (tertiary alicyclic amines) is 1. The molecular formula is C11H20N4O3. The molecule has 0 radical (unpaired) electrons. The Kier molecular flexibility index (Phi) is 5.08. The van der Waals surface area contributed by atoms with Gasteiger partial charge in [0, 0.05) is 13.0 Å². The lowest BCUT2D eigenvalue weighted by molar-refractivity contribution is -0.127. The monoisotopic (exact) mass is 256 g/mol. The predicted octanol–water partition coefficient (Wildman–Crippen LogP) is -0.972. The number of nitrogens with zero attached hydrogens (tertiary/aromatic N) is 1. The molecule has 1 unspecified atom stereocenters. The number of urea groups is 1. The van der Waals surface area contributed by atoms with E-state index in [9.17, 15) is 14.4 Å². The van der Waals surface area contributed by atoms with E-state index in [1.807, 2.05) is 4.90 Å². The maximum Gasteiger partial charge on any atom is 0.318 e. The molecule has 0 aliphatic carbocycles. The first kappa shape index (κ1) is 14.4. The van der Waals surface area contributed by atoms with Crippen LogP contribution in [0, 0.1) is 5.92 Å². The van der Waals surface area contributed by atoms with E-state index in [2.05, 4.69) is 10.6 Å². The first-order valence-corrected chi connectivity index (χ1v) is 6.01. The molecule has 7 heteroatoms. The van der Waals surface area contributed by atoms with Crippen molar-refractivity contribution >= 4 is 17.8 Å². The Bertz CT molecular complexity index is 337. The van der Waals surface area contributed by atoms with Crippen molar-refractivity contribution in [2.75, 3.05) is 20.1 Å². The smallest absolute Gasteiger partial charge is 0.318 e. The molecular weight excluding hydrogens is 236 g/mol. The molecule has 1 rings (SSSR count). The molecule has 0 bridgehead atoms. The summed E-state index contributed by atoms with van der Waals surface area (Å²) < 4.78 is 0. The van der Waals surface area contributed by atoms with Gasteiger partial charge in [-0.15, -0.1) is 0 Å². The number of hydrogen-bond acceptors (Lipinski definition) is 4. The molecule has 4 N–H and O–H groups in total. The van der Waals surface area contributed by atoms with Gasteiger partial charge in [-0.3, -0.25) is 19.8 Å². The second-order valence-electron chi connectivity index (χ2n) is 4.45. The Hall–Kier alpha value is -1.63. The predicted molar refractivity (Wildman–Crippen MR) is 65.6 cm³/mol. The fourth-order valence-corrected chi connectivity index (χ4v) is 2.14. The van der Waals surface area contributed by atoms with Crippen molar-refractivity contribution < 1.29 is 14.4 Å². The first-order valence-electron chi connectivity index (χ1n) is 6.01. The van der Waals surface area contributed by atoms with Crippen LogP contribution in [0.1, 0.15) is 19.8 Å². The van der Waals surface area contributed by atoms with Gasteiger partial charge in [-0.2, -0.15) is 0 Å². The highest BCUT2D eigenvalue weighted by Crippen LogP contribution is 2.19. The highest BCUT2D eigenvalue weighted by Gasteiger charge is 2.29. The van der Waals surface area contributed by atoms with E-state index in [1.54, 1.807) is 14.0 Å². The molecule has 1 saturated heterocycles. The van der Waals surface area contributed by atoms with Crippen molar-refractivity contribution in [2.24, 2.45) is 11.7 Å². The number of carbonyl (C=O) groups excluding carboxylic acids is 3. The minimum Gasteiger partial charge on any atom is -0.359 e. The Morgan fingerprint density at radius 3 is 2.28 bits per heavy atom. The van der Waals surface area contributed by atoms with Crippen molar-refractivity contribution in [3.8, 4) is 0 Å². The van der Waals surface area contributed by atoms with Gasteiger partial charge in [-0.25, -0.2) is 4.79 Å². The van der Waals surface area contributed by atoms with E-state index in [0.29, 0.717) is 25.9 Å². The number of rotatable bonds is 3. The molecule has 0 aromatic heterocycles. The number of piperidine rings is 1. The van der Waals surface area contributed by atoms with Crippen molar-refractivity contribution in [2.45, 2.75) is 25.8 Å². The summed E-state index contributed by atoms with van der Waals surface area (Å²) >= 11 is 0. The van der Waals surface area contributed by atoms with Crippen molar-refractivity contribution in [3.05, 3.63) is 0 Å². The number of nitrogens with two attached hydrogens (primary N) is 1. The fraction of sp³-hybridized carbons (Fsp3) is 0.727. The van der Waals surface area contributed by atoms with Crippen LogP contribution in [-0.4, -0.2) is 48.9 Å². The van der Waals surface area contributed by atoms with Crippen LogP contribution in [0.5, 0.6) is 0 Å². The zero-order valence-electron chi connectivity index (χ0n) is 10.7. The van der Waals surface area contributed by atoms with Crippen LogP contribution in [0.3, 0.4) is 0 Å². The SMILES string of the molecule is CNC(=O)C1CCN(C(C)C(=O)NC(N)=O)CC1. The molecule has 0 spiro atoms. The lowest BCUT2D eigenvalue weighted by atomic mass is 9.95. The maximum absolute atomic E-state index is 11.6. The van der Waals surface area contributed by atoms with Crippen LogP contribution < -0.4 is 16.4 Å². The molecule has 0 aromatic carbocycles. The normalized spacial score (nSPS) is 19.0. The summed E-state index contributed by atoms with van der Waals surface area (Å²) in [5.41, 5.74) is 4.90. The largest absolute Gasteiger partial charge is 0.359 e. The molecule has 1 aliphatic heterocycles. The van der Waals surface area contributed by atoms with E-state index in [1.165, 1.54) is 0 Å². The van der Waals surface area contributed by atoms with Crippen molar-refractivity contribution in [3.63, 3.8) is 0 Å². The third kappa shape index (κ3) is 3.69. The van der Waals surface area contributed by atoms with Gasteiger partial charge in [0.2, 0.25) is 11.8 Å². The van der Waals surface area contributed by atoms with Gasteiger partial charge in [0.1, 0.15) is 0 Å². The van der Waals surface area contributed by atoms with Crippen LogP contribution in [0.2, 0.25) is 0 Å². The Labute approximate surface area is 106 Å². The summed E-state index contributed by atoms with van der Waals surface area (Å²) in [6.07, 6.45) is 1.43. The van der Waals surface area contributed by atoms with E-state index in [4.69, 9.17) is 5.73 Å². The molecule has 1 aliphatic rings. The van der Waals surface area contributed by atoms with Crippen molar-refractivity contribution in [1.29, 1.82) is 0 Å². The number of amides is 4. The molecule has 1 atom stereocenters. The van der Waals surface area contributed by atoms with E-state index < -0.39 is 18.0 Å². The van der Waals surface area contributed by atoms with Gasteiger partial charge in [0.05, 0.1) is 6.04 Å². The molecule has 18 heavy (non-hydrogen) atoms. The Morgan fingerprint density at radius 1 is 1.28 bits per heavy atom.